The fourth-order valence-corrected chi connectivity index (χ4v) is 2.84. The number of thiophene rings is 1. The van der Waals surface area contributed by atoms with Crippen LogP contribution in [0.5, 0.6) is 0 Å². The number of carbonyl (C=O) groups is 1. The van der Waals surface area contributed by atoms with Gasteiger partial charge < -0.3 is 5.32 Å². The first-order chi connectivity index (χ1) is 11.8. The number of nitrogens with zero attached hydrogens (tertiary/aromatic N) is 4. The Morgan fingerprint density at radius 1 is 1.32 bits per heavy atom. The summed E-state index contributed by atoms with van der Waals surface area (Å²) in [5.74, 6) is -0.223. The highest BCUT2D eigenvalue weighted by Gasteiger charge is 2.33. The van der Waals surface area contributed by atoms with Gasteiger partial charge in [0.25, 0.3) is 0 Å². The molecule has 0 spiro atoms. The van der Waals surface area contributed by atoms with Crippen LogP contribution in [0.1, 0.15) is 5.56 Å². The van der Waals surface area contributed by atoms with Crippen LogP contribution < -0.4 is 5.32 Å². The third kappa shape index (κ3) is 4.15. The second-order valence-electron chi connectivity index (χ2n) is 4.86. The summed E-state index contributed by atoms with van der Waals surface area (Å²) in [6.45, 7) is -0.289. The molecule has 25 heavy (non-hydrogen) atoms. The maximum atomic E-state index is 12.8. The molecule has 2 heterocycles. The number of alkyl halides is 3. The van der Waals surface area contributed by atoms with Crippen LogP contribution in [0.4, 0.5) is 18.9 Å². The van der Waals surface area contributed by atoms with Crippen molar-refractivity contribution in [1.29, 1.82) is 0 Å². The standard InChI is InChI=1S/C14H9ClF3N5OS/c15-10-4-3-8(6-9(10)14(16,17)18)19-12(24)7-23-21-13(20-22-23)11-2-1-5-25-11/h1-6H,7H2,(H,19,24). The van der Waals surface area contributed by atoms with Gasteiger partial charge >= 0.3 is 6.18 Å². The minimum absolute atomic E-state index is 0.0275. The number of hydrogen-bond donors (Lipinski definition) is 1. The number of aromatic nitrogens is 4. The summed E-state index contributed by atoms with van der Waals surface area (Å²) in [4.78, 5) is 13.8. The zero-order valence-electron chi connectivity index (χ0n) is 12.3. The van der Waals surface area contributed by atoms with E-state index in [0.717, 1.165) is 21.8 Å². The molecule has 0 unspecified atom stereocenters. The number of anilines is 1. The number of benzene rings is 1. The largest absolute Gasteiger partial charge is 0.417 e. The third-order valence-corrected chi connectivity index (χ3v) is 4.23. The van der Waals surface area contributed by atoms with Gasteiger partial charge in [0.1, 0.15) is 6.54 Å². The van der Waals surface area contributed by atoms with Gasteiger partial charge in [-0.2, -0.15) is 18.0 Å². The molecule has 0 atom stereocenters. The van der Waals surface area contributed by atoms with Crippen molar-refractivity contribution in [1.82, 2.24) is 20.2 Å². The van der Waals surface area contributed by atoms with E-state index in [0.29, 0.717) is 5.82 Å². The van der Waals surface area contributed by atoms with Crippen LogP contribution in [0.15, 0.2) is 35.7 Å². The summed E-state index contributed by atoms with van der Waals surface area (Å²) >= 11 is 6.95. The second-order valence-corrected chi connectivity index (χ2v) is 6.22. The van der Waals surface area contributed by atoms with Crippen LogP contribution in [-0.4, -0.2) is 26.1 Å². The van der Waals surface area contributed by atoms with E-state index in [1.807, 2.05) is 11.4 Å². The lowest BCUT2D eigenvalue weighted by Gasteiger charge is -2.11. The van der Waals surface area contributed by atoms with Crippen molar-refractivity contribution in [3.8, 4) is 10.7 Å². The quantitative estimate of drug-likeness (QED) is 0.740. The molecular weight excluding hydrogens is 379 g/mol. The van der Waals surface area contributed by atoms with Gasteiger partial charge in [0.05, 0.1) is 15.5 Å². The van der Waals surface area contributed by atoms with Gasteiger partial charge in [-0.25, -0.2) is 0 Å². The van der Waals surface area contributed by atoms with Crippen molar-refractivity contribution in [3.63, 3.8) is 0 Å². The molecule has 1 amide bonds. The Kier molecular flexibility index (Phi) is 4.73. The van der Waals surface area contributed by atoms with E-state index in [1.54, 1.807) is 6.07 Å². The fraction of sp³-hybridized carbons (Fsp3) is 0.143. The van der Waals surface area contributed by atoms with Crippen LogP contribution in [0.25, 0.3) is 10.7 Å². The van der Waals surface area contributed by atoms with Crippen molar-refractivity contribution in [2.45, 2.75) is 12.7 Å². The molecule has 0 fully saturated rings. The van der Waals surface area contributed by atoms with E-state index in [1.165, 1.54) is 17.4 Å². The summed E-state index contributed by atoms with van der Waals surface area (Å²) in [5, 5.41) is 15.4. The smallest absolute Gasteiger partial charge is 0.324 e. The number of rotatable bonds is 4. The number of amides is 1. The highest BCUT2D eigenvalue weighted by atomic mass is 35.5. The molecule has 11 heteroatoms. The topological polar surface area (TPSA) is 72.7 Å². The fourth-order valence-electron chi connectivity index (χ4n) is 1.96. The van der Waals surface area contributed by atoms with Gasteiger partial charge in [0.15, 0.2) is 0 Å². The summed E-state index contributed by atoms with van der Waals surface area (Å²) < 4.78 is 38.5. The van der Waals surface area contributed by atoms with Crippen molar-refractivity contribution < 1.29 is 18.0 Å². The zero-order chi connectivity index (χ0) is 18.0. The number of halogens is 4. The van der Waals surface area contributed by atoms with E-state index in [9.17, 15) is 18.0 Å². The monoisotopic (exact) mass is 387 g/mol. The summed E-state index contributed by atoms with van der Waals surface area (Å²) in [6, 6.07) is 6.75. The lowest BCUT2D eigenvalue weighted by Crippen LogP contribution is -2.20. The van der Waals surface area contributed by atoms with Crippen LogP contribution >= 0.6 is 22.9 Å². The SMILES string of the molecule is O=C(Cn1nnc(-c2cccs2)n1)Nc1ccc(Cl)c(C(F)(F)F)c1. The highest BCUT2D eigenvalue weighted by Crippen LogP contribution is 2.36. The summed E-state index contributed by atoms with van der Waals surface area (Å²) in [5.41, 5.74) is -1.05. The van der Waals surface area contributed by atoms with E-state index in [2.05, 4.69) is 20.7 Å². The molecule has 0 saturated heterocycles. The van der Waals surface area contributed by atoms with Gasteiger partial charge in [-0.15, -0.1) is 21.5 Å². The van der Waals surface area contributed by atoms with Gasteiger partial charge in [-0.05, 0) is 34.9 Å². The normalized spacial score (nSPS) is 11.5. The number of carbonyl (C=O) groups excluding carboxylic acids is 1. The molecule has 3 rings (SSSR count). The van der Waals surface area contributed by atoms with Gasteiger partial charge in [0.2, 0.25) is 11.7 Å². The van der Waals surface area contributed by atoms with Gasteiger partial charge in [-0.1, -0.05) is 17.7 Å². The maximum Gasteiger partial charge on any atom is 0.417 e. The van der Waals surface area contributed by atoms with Crippen LogP contribution in [0, 0.1) is 0 Å². The van der Waals surface area contributed by atoms with Crippen molar-refractivity contribution in [2.24, 2.45) is 0 Å². The highest BCUT2D eigenvalue weighted by molar-refractivity contribution is 7.13. The predicted octanol–water partition coefficient (Wildman–Crippen LogP) is 3.71. The predicted molar refractivity (Wildman–Crippen MR) is 86.2 cm³/mol. The van der Waals surface area contributed by atoms with Crippen molar-refractivity contribution in [2.75, 3.05) is 5.32 Å². The van der Waals surface area contributed by atoms with E-state index >= 15 is 0 Å². The van der Waals surface area contributed by atoms with E-state index < -0.39 is 22.7 Å². The molecule has 0 aliphatic rings. The third-order valence-electron chi connectivity index (χ3n) is 3.03. The number of hydrogen-bond acceptors (Lipinski definition) is 5. The lowest BCUT2D eigenvalue weighted by atomic mass is 10.2. The average molecular weight is 388 g/mol. The minimum Gasteiger partial charge on any atom is -0.324 e. The Balaban J connectivity index is 1.69. The Morgan fingerprint density at radius 2 is 2.12 bits per heavy atom. The number of nitrogens with one attached hydrogen (secondary N) is 1. The van der Waals surface area contributed by atoms with Gasteiger partial charge in [0, 0.05) is 5.69 Å². The Morgan fingerprint density at radius 3 is 2.80 bits per heavy atom. The van der Waals surface area contributed by atoms with Gasteiger partial charge in [-0.3, -0.25) is 4.79 Å². The first-order valence-corrected chi connectivity index (χ1v) is 8.07. The Hall–Kier alpha value is -2.46. The molecule has 0 bridgehead atoms. The molecule has 1 aromatic carbocycles. The molecule has 1 N–H and O–H groups in total. The average Bonchev–Trinajstić information content (AvgIpc) is 3.19. The van der Waals surface area contributed by atoms with Crippen molar-refractivity contribution in [3.05, 3.63) is 46.3 Å². The van der Waals surface area contributed by atoms with E-state index in [4.69, 9.17) is 11.6 Å². The molecule has 0 radical (unpaired) electrons. The molecule has 130 valence electrons. The first-order valence-electron chi connectivity index (χ1n) is 6.81. The Labute approximate surface area is 148 Å². The second kappa shape index (κ2) is 6.81. The van der Waals surface area contributed by atoms with Crippen LogP contribution in [-0.2, 0) is 17.5 Å². The van der Waals surface area contributed by atoms with E-state index in [-0.39, 0.29) is 12.2 Å². The molecule has 6 nitrogen and oxygen atoms in total. The van der Waals surface area contributed by atoms with Crippen molar-refractivity contribution >= 4 is 34.5 Å². The zero-order valence-corrected chi connectivity index (χ0v) is 13.9. The first kappa shape index (κ1) is 17.4. The molecule has 2 aromatic heterocycles. The molecule has 0 aliphatic heterocycles. The number of tetrazole rings is 1. The molecule has 3 aromatic rings. The maximum absolute atomic E-state index is 12.8. The Bertz CT molecular complexity index is 894. The molecule has 0 aliphatic carbocycles. The summed E-state index contributed by atoms with van der Waals surface area (Å²) in [7, 11) is 0. The van der Waals surface area contributed by atoms with Crippen LogP contribution in [0.2, 0.25) is 5.02 Å². The summed E-state index contributed by atoms with van der Waals surface area (Å²) in [6.07, 6.45) is -4.61. The molecular formula is C14H9ClF3N5OS. The molecule has 0 saturated carbocycles. The van der Waals surface area contributed by atoms with Crippen LogP contribution in [0.3, 0.4) is 0 Å². The minimum atomic E-state index is -4.61. The lowest BCUT2D eigenvalue weighted by molar-refractivity contribution is -0.137.